The Bertz CT molecular complexity index is 1240. The van der Waals surface area contributed by atoms with E-state index in [0.717, 1.165) is 17.7 Å². The number of ether oxygens (including phenoxy) is 2. The largest absolute Gasteiger partial charge is 0.486 e. The molecule has 0 atom stereocenters. The maximum atomic E-state index is 12.7. The zero-order valence-corrected chi connectivity index (χ0v) is 17.9. The standard InChI is InChI=1S/C22H16F3N3O4S/c1-13-2-8-16(9-3-13)30-11-19-26-17(12-33-19)21(29)31-10-18-27-20(28-32-18)14-4-6-15(7-5-14)22(23,24)25/h2-9,12H,10-11H2,1H3. The minimum Gasteiger partial charge on any atom is -0.486 e. The zero-order chi connectivity index (χ0) is 23.4. The van der Waals surface area contributed by atoms with Crippen molar-refractivity contribution in [3.63, 3.8) is 0 Å². The highest BCUT2D eigenvalue weighted by Crippen LogP contribution is 2.30. The summed E-state index contributed by atoms with van der Waals surface area (Å²) in [5.74, 6) is 0.0951. The molecule has 4 aromatic rings. The molecule has 170 valence electrons. The monoisotopic (exact) mass is 475 g/mol. The summed E-state index contributed by atoms with van der Waals surface area (Å²) < 4.78 is 53.8. The van der Waals surface area contributed by atoms with Gasteiger partial charge in [-0.15, -0.1) is 11.3 Å². The Kier molecular flexibility index (Phi) is 6.40. The van der Waals surface area contributed by atoms with Crippen LogP contribution in [0.25, 0.3) is 11.4 Å². The number of hydrogen-bond acceptors (Lipinski definition) is 8. The molecule has 2 aromatic heterocycles. The van der Waals surface area contributed by atoms with Crippen molar-refractivity contribution in [2.24, 2.45) is 0 Å². The molecule has 0 saturated heterocycles. The topological polar surface area (TPSA) is 87.3 Å². The molecular formula is C22H16F3N3O4S. The number of halogens is 3. The molecule has 0 aliphatic rings. The third-order valence-electron chi connectivity index (χ3n) is 4.41. The number of nitrogens with zero attached hydrogens (tertiary/aromatic N) is 3. The predicted octanol–water partition coefficient (Wildman–Crippen LogP) is 5.46. The maximum Gasteiger partial charge on any atom is 0.416 e. The lowest BCUT2D eigenvalue weighted by atomic mass is 10.1. The number of benzene rings is 2. The summed E-state index contributed by atoms with van der Waals surface area (Å²) in [6.45, 7) is 1.88. The second-order valence-electron chi connectivity index (χ2n) is 6.89. The third kappa shape index (κ3) is 5.75. The minimum absolute atomic E-state index is 0.00333. The van der Waals surface area contributed by atoms with E-state index in [4.69, 9.17) is 14.0 Å². The van der Waals surface area contributed by atoms with Crippen LogP contribution in [0.2, 0.25) is 0 Å². The quantitative estimate of drug-likeness (QED) is 0.328. The van der Waals surface area contributed by atoms with Gasteiger partial charge >= 0.3 is 12.1 Å². The van der Waals surface area contributed by atoms with Crippen LogP contribution in [0.1, 0.15) is 32.5 Å². The molecule has 0 bridgehead atoms. The van der Waals surface area contributed by atoms with Crippen LogP contribution >= 0.6 is 11.3 Å². The summed E-state index contributed by atoms with van der Waals surface area (Å²) in [6.07, 6.45) is -4.43. The van der Waals surface area contributed by atoms with E-state index in [1.165, 1.54) is 23.5 Å². The number of esters is 1. The molecule has 2 heterocycles. The van der Waals surface area contributed by atoms with E-state index in [9.17, 15) is 18.0 Å². The summed E-state index contributed by atoms with van der Waals surface area (Å²) in [6, 6.07) is 11.9. The van der Waals surface area contributed by atoms with Crippen LogP contribution in [-0.2, 0) is 24.1 Å². The Hall–Kier alpha value is -3.73. The van der Waals surface area contributed by atoms with Crippen LogP contribution in [0.4, 0.5) is 13.2 Å². The van der Waals surface area contributed by atoms with Crippen molar-refractivity contribution in [1.82, 2.24) is 15.1 Å². The van der Waals surface area contributed by atoms with Crippen molar-refractivity contribution in [3.05, 3.63) is 81.6 Å². The lowest BCUT2D eigenvalue weighted by molar-refractivity contribution is -0.137. The van der Waals surface area contributed by atoms with Crippen LogP contribution < -0.4 is 4.74 Å². The zero-order valence-electron chi connectivity index (χ0n) is 17.1. The second-order valence-corrected chi connectivity index (χ2v) is 7.83. The van der Waals surface area contributed by atoms with Crippen molar-refractivity contribution in [3.8, 4) is 17.1 Å². The Morgan fingerprint density at radius 3 is 2.45 bits per heavy atom. The van der Waals surface area contributed by atoms with Gasteiger partial charge in [0.25, 0.3) is 5.89 Å². The van der Waals surface area contributed by atoms with Gasteiger partial charge in [0.15, 0.2) is 12.3 Å². The van der Waals surface area contributed by atoms with Crippen molar-refractivity contribution < 1.29 is 32.0 Å². The van der Waals surface area contributed by atoms with Gasteiger partial charge in [-0.1, -0.05) is 35.0 Å². The van der Waals surface area contributed by atoms with E-state index in [-0.39, 0.29) is 30.6 Å². The van der Waals surface area contributed by atoms with Gasteiger partial charge in [-0.3, -0.25) is 0 Å². The first-order valence-electron chi connectivity index (χ1n) is 9.59. The fraction of sp³-hybridized carbons (Fsp3) is 0.182. The molecular weight excluding hydrogens is 459 g/mol. The highest BCUT2D eigenvalue weighted by molar-refractivity contribution is 7.09. The van der Waals surface area contributed by atoms with Crippen LogP contribution in [-0.4, -0.2) is 21.1 Å². The summed E-state index contributed by atoms with van der Waals surface area (Å²) in [5, 5.41) is 5.86. The SMILES string of the molecule is Cc1ccc(OCc2nc(C(=O)OCc3nc(-c4ccc(C(F)(F)F)cc4)no3)cs2)cc1. The Morgan fingerprint density at radius 1 is 1.03 bits per heavy atom. The van der Waals surface area contributed by atoms with Gasteiger partial charge in [0.2, 0.25) is 5.82 Å². The van der Waals surface area contributed by atoms with E-state index < -0.39 is 17.7 Å². The molecule has 0 unspecified atom stereocenters. The van der Waals surface area contributed by atoms with Gasteiger partial charge in [0.05, 0.1) is 5.56 Å². The molecule has 0 aliphatic heterocycles. The van der Waals surface area contributed by atoms with Gasteiger partial charge in [-0.25, -0.2) is 9.78 Å². The molecule has 0 aliphatic carbocycles. The Morgan fingerprint density at radius 2 is 1.76 bits per heavy atom. The number of carbonyl (C=O) groups excluding carboxylic acids is 1. The molecule has 33 heavy (non-hydrogen) atoms. The van der Waals surface area contributed by atoms with E-state index in [0.29, 0.717) is 16.3 Å². The summed E-state index contributed by atoms with van der Waals surface area (Å²) in [7, 11) is 0. The first-order valence-corrected chi connectivity index (χ1v) is 10.5. The number of alkyl halides is 3. The molecule has 11 heteroatoms. The molecule has 0 radical (unpaired) electrons. The molecule has 7 nitrogen and oxygen atoms in total. The maximum absolute atomic E-state index is 12.7. The number of aryl methyl sites for hydroxylation is 1. The van der Waals surface area contributed by atoms with Crippen LogP contribution in [0.3, 0.4) is 0 Å². The molecule has 2 aromatic carbocycles. The van der Waals surface area contributed by atoms with Crippen molar-refractivity contribution in [2.45, 2.75) is 26.3 Å². The molecule has 0 N–H and O–H groups in total. The van der Waals surface area contributed by atoms with Crippen LogP contribution in [0.5, 0.6) is 5.75 Å². The predicted molar refractivity (Wildman–Crippen MR) is 111 cm³/mol. The second kappa shape index (κ2) is 9.41. The molecule has 0 amide bonds. The average molecular weight is 475 g/mol. The number of thiazole rings is 1. The van der Waals surface area contributed by atoms with E-state index in [2.05, 4.69) is 15.1 Å². The van der Waals surface area contributed by atoms with E-state index in [1.54, 1.807) is 5.38 Å². The Balaban J connectivity index is 1.30. The highest BCUT2D eigenvalue weighted by Gasteiger charge is 2.30. The van der Waals surface area contributed by atoms with E-state index >= 15 is 0 Å². The summed E-state index contributed by atoms with van der Waals surface area (Å²) >= 11 is 1.26. The number of aromatic nitrogens is 3. The van der Waals surface area contributed by atoms with Crippen LogP contribution in [0.15, 0.2) is 58.4 Å². The molecule has 0 spiro atoms. The minimum atomic E-state index is -4.43. The van der Waals surface area contributed by atoms with E-state index in [1.807, 2.05) is 31.2 Å². The lowest BCUT2D eigenvalue weighted by Crippen LogP contribution is -2.06. The highest BCUT2D eigenvalue weighted by atomic mass is 32.1. The van der Waals surface area contributed by atoms with Gasteiger partial charge in [-0.2, -0.15) is 18.2 Å². The number of carbonyl (C=O) groups is 1. The first kappa shape index (κ1) is 22.5. The molecule has 4 rings (SSSR count). The smallest absolute Gasteiger partial charge is 0.416 e. The van der Waals surface area contributed by atoms with Crippen molar-refractivity contribution in [2.75, 3.05) is 0 Å². The van der Waals surface area contributed by atoms with Gasteiger partial charge < -0.3 is 14.0 Å². The summed E-state index contributed by atoms with van der Waals surface area (Å²) in [4.78, 5) is 20.5. The van der Waals surface area contributed by atoms with Gasteiger partial charge in [0.1, 0.15) is 17.4 Å². The summed E-state index contributed by atoms with van der Waals surface area (Å²) in [5.41, 5.74) is 0.789. The third-order valence-corrected chi connectivity index (χ3v) is 5.23. The van der Waals surface area contributed by atoms with Gasteiger partial charge in [0, 0.05) is 10.9 Å². The number of rotatable bonds is 7. The van der Waals surface area contributed by atoms with Gasteiger partial charge in [-0.05, 0) is 31.2 Å². The fourth-order valence-electron chi connectivity index (χ4n) is 2.69. The lowest BCUT2D eigenvalue weighted by Gasteiger charge is -2.05. The number of hydrogen-bond donors (Lipinski definition) is 0. The van der Waals surface area contributed by atoms with Crippen LogP contribution in [0, 0.1) is 6.92 Å². The fourth-order valence-corrected chi connectivity index (χ4v) is 3.37. The average Bonchev–Trinajstić information content (AvgIpc) is 3.47. The Labute approximate surface area is 189 Å². The normalized spacial score (nSPS) is 11.4. The molecule has 0 fully saturated rings. The molecule has 0 saturated carbocycles. The van der Waals surface area contributed by atoms with Crippen molar-refractivity contribution in [1.29, 1.82) is 0 Å². The van der Waals surface area contributed by atoms with Crippen molar-refractivity contribution >= 4 is 17.3 Å². The first-order chi connectivity index (χ1) is 15.8.